The Kier molecular flexibility index (Phi) is 4.57. The molecule has 0 aliphatic heterocycles. The van der Waals surface area contributed by atoms with Gasteiger partial charge in [0.1, 0.15) is 0 Å². The Morgan fingerprint density at radius 3 is 2.50 bits per heavy atom. The van der Waals surface area contributed by atoms with E-state index in [1.165, 1.54) is 7.11 Å². The van der Waals surface area contributed by atoms with Crippen LogP contribution >= 0.6 is 11.6 Å². The molecule has 1 atom stereocenters. The molecule has 0 fully saturated rings. The summed E-state index contributed by atoms with van der Waals surface area (Å²) >= 11 is 6.17. The zero-order valence-corrected chi connectivity index (χ0v) is 12.3. The average Bonchev–Trinajstić information content (AvgIpc) is 2.47. The number of hydrogen-bond donors (Lipinski definition) is 2. The van der Waals surface area contributed by atoms with Crippen LogP contribution in [0.4, 0.5) is 11.9 Å². The topological polar surface area (TPSA) is 72.0 Å². The van der Waals surface area contributed by atoms with Crippen LogP contribution in [-0.4, -0.2) is 29.1 Å². The molecule has 0 aliphatic carbocycles. The molecule has 6 nitrogen and oxygen atoms in total. The first kappa shape index (κ1) is 14.3. The van der Waals surface area contributed by atoms with Gasteiger partial charge < -0.3 is 15.4 Å². The van der Waals surface area contributed by atoms with Gasteiger partial charge in [-0.2, -0.15) is 15.0 Å². The summed E-state index contributed by atoms with van der Waals surface area (Å²) in [6.07, 6.45) is 0. The Morgan fingerprint density at radius 1 is 1.15 bits per heavy atom. The van der Waals surface area contributed by atoms with Crippen molar-refractivity contribution in [2.45, 2.75) is 13.0 Å². The molecule has 1 unspecified atom stereocenters. The first-order valence-electron chi connectivity index (χ1n) is 6.13. The highest BCUT2D eigenvalue weighted by Crippen LogP contribution is 2.25. The first-order chi connectivity index (χ1) is 9.63. The summed E-state index contributed by atoms with van der Waals surface area (Å²) in [5.74, 6) is 0.860. The molecular formula is C13H16ClN5O. The van der Waals surface area contributed by atoms with Gasteiger partial charge in [0.2, 0.25) is 11.9 Å². The number of rotatable bonds is 5. The maximum atomic E-state index is 6.17. The molecule has 20 heavy (non-hydrogen) atoms. The molecule has 106 valence electrons. The van der Waals surface area contributed by atoms with Crippen molar-refractivity contribution in [2.75, 3.05) is 24.8 Å². The van der Waals surface area contributed by atoms with Crippen molar-refractivity contribution in [3.8, 4) is 6.01 Å². The van der Waals surface area contributed by atoms with Crippen LogP contribution in [0.3, 0.4) is 0 Å². The average molecular weight is 294 g/mol. The molecule has 0 amide bonds. The van der Waals surface area contributed by atoms with Gasteiger partial charge in [-0.1, -0.05) is 29.8 Å². The van der Waals surface area contributed by atoms with Crippen molar-refractivity contribution in [1.29, 1.82) is 0 Å². The smallest absolute Gasteiger partial charge is 0.322 e. The Balaban J connectivity index is 2.23. The van der Waals surface area contributed by atoms with Gasteiger partial charge in [-0.05, 0) is 18.6 Å². The summed E-state index contributed by atoms with van der Waals surface area (Å²) in [5, 5.41) is 6.74. The minimum atomic E-state index is -0.0412. The molecule has 2 aromatic rings. The number of methoxy groups -OCH3 is 1. The zero-order valence-electron chi connectivity index (χ0n) is 11.5. The quantitative estimate of drug-likeness (QED) is 0.883. The van der Waals surface area contributed by atoms with E-state index in [2.05, 4.69) is 25.6 Å². The summed E-state index contributed by atoms with van der Waals surface area (Å²) in [5.41, 5.74) is 0.972. The van der Waals surface area contributed by atoms with Gasteiger partial charge in [-0.25, -0.2) is 0 Å². The molecule has 2 N–H and O–H groups in total. The third kappa shape index (κ3) is 3.27. The highest BCUT2D eigenvalue weighted by atomic mass is 35.5. The Morgan fingerprint density at radius 2 is 1.85 bits per heavy atom. The summed E-state index contributed by atoms with van der Waals surface area (Å²) in [6, 6.07) is 7.84. The Hall–Kier alpha value is -2.08. The number of anilines is 2. The second kappa shape index (κ2) is 6.38. The molecule has 7 heteroatoms. The van der Waals surface area contributed by atoms with Gasteiger partial charge in [0.15, 0.2) is 0 Å². The van der Waals surface area contributed by atoms with Gasteiger partial charge in [0.25, 0.3) is 0 Å². The maximum absolute atomic E-state index is 6.17. The lowest BCUT2D eigenvalue weighted by molar-refractivity contribution is 0.379. The van der Waals surface area contributed by atoms with Crippen molar-refractivity contribution in [2.24, 2.45) is 0 Å². The van der Waals surface area contributed by atoms with E-state index in [4.69, 9.17) is 16.3 Å². The van der Waals surface area contributed by atoms with Gasteiger partial charge in [-0.15, -0.1) is 0 Å². The number of nitrogens with one attached hydrogen (secondary N) is 2. The van der Waals surface area contributed by atoms with E-state index in [1.807, 2.05) is 31.2 Å². The fourth-order valence-electron chi connectivity index (χ4n) is 1.72. The molecule has 0 spiro atoms. The van der Waals surface area contributed by atoms with Crippen molar-refractivity contribution in [1.82, 2.24) is 15.0 Å². The predicted octanol–water partition coefficient (Wildman–Crippen LogP) is 2.75. The van der Waals surface area contributed by atoms with Crippen LogP contribution in [0.25, 0.3) is 0 Å². The SMILES string of the molecule is CNc1nc(NC(C)c2ccccc2Cl)nc(OC)n1. The van der Waals surface area contributed by atoms with Crippen molar-refractivity contribution < 1.29 is 4.74 Å². The predicted molar refractivity (Wildman–Crippen MR) is 79.4 cm³/mol. The number of halogens is 1. The lowest BCUT2D eigenvalue weighted by Crippen LogP contribution is -2.12. The molecule has 0 bridgehead atoms. The van der Waals surface area contributed by atoms with E-state index in [9.17, 15) is 0 Å². The summed E-state index contributed by atoms with van der Waals surface area (Å²) < 4.78 is 5.04. The number of nitrogens with zero attached hydrogens (tertiary/aromatic N) is 3. The first-order valence-corrected chi connectivity index (χ1v) is 6.50. The van der Waals surface area contributed by atoms with Gasteiger partial charge in [0, 0.05) is 12.1 Å². The van der Waals surface area contributed by atoms with Crippen LogP contribution in [0.15, 0.2) is 24.3 Å². The maximum Gasteiger partial charge on any atom is 0.322 e. The molecule has 1 aromatic carbocycles. The molecule has 0 aliphatic rings. The molecule has 1 aromatic heterocycles. The molecule has 1 heterocycles. The standard InChI is InChI=1S/C13H16ClN5O/c1-8(9-6-4-5-7-10(9)14)16-12-17-11(15-2)18-13(19-12)20-3/h4-8H,1-3H3,(H2,15,16,17,18,19). The summed E-state index contributed by atoms with van der Waals surface area (Å²) in [7, 11) is 3.24. The minimum Gasteiger partial charge on any atom is -0.467 e. The van der Waals surface area contributed by atoms with Gasteiger partial charge in [0.05, 0.1) is 13.2 Å². The van der Waals surface area contributed by atoms with Crippen LogP contribution in [-0.2, 0) is 0 Å². The minimum absolute atomic E-state index is 0.0412. The van der Waals surface area contributed by atoms with E-state index in [1.54, 1.807) is 7.05 Å². The lowest BCUT2D eigenvalue weighted by Gasteiger charge is -2.16. The van der Waals surface area contributed by atoms with Gasteiger partial charge in [-0.3, -0.25) is 0 Å². The van der Waals surface area contributed by atoms with Crippen LogP contribution in [0.1, 0.15) is 18.5 Å². The highest BCUT2D eigenvalue weighted by molar-refractivity contribution is 6.31. The second-order valence-electron chi connectivity index (χ2n) is 4.11. The molecule has 2 rings (SSSR count). The number of benzene rings is 1. The Labute approximate surface area is 122 Å². The van der Waals surface area contributed by atoms with Crippen LogP contribution < -0.4 is 15.4 Å². The van der Waals surface area contributed by atoms with E-state index < -0.39 is 0 Å². The fraction of sp³-hybridized carbons (Fsp3) is 0.308. The van der Waals surface area contributed by atoms with E-state index in [0.29, 0.717) is 16.9 Å². The van der Waals surface area contributed by atoms with Crippen LogP contribution in [0.5, 0.6) is 6.01 Å². The van der Waals surface area contributed by atoms with Crippen LogP contribution in [0, 0.1) is 0 Å². The zero-order chi connectivity index (χ0) is 14.5. The van der Waals surface area contributed by atoms with E-state index in [-0.39, 0.29) is 12.1 Å². The van der Waals surface area contributed by atoms with E-state index >= 15 is 0 Å². The largest absolute Gasteiger partial charge is 0.467 e. The third-order valence-electron chi connectivity index (χ3n) is 2.74. The third-order valence-corrected chi connectivity index (χ3v) is 3.08. The van der Waals surface area contributed by atoms with Crippen molar-refractivity contribution in [3.05, 3.63) is 34.9 Å². The highest BCUT2D eigenvalue weighted by Gasteiger charge is 2.12. The molecule has 0 saturated carbocycles. The molecular weight excluding hydrogens is 278 g/mol. The Bertz CT molecular complexity index is 570. The summed E-state index contributed by atoms with van der Waals surface area (Å²) in [6.45, 7) is 1.98. The summed E-state index contributed by atoms with van der Waals surface area (Å²) in [4.78, 5) is 12.4. The molecule has 0 radical (unpaired) electrons. The van der Waals surface area contributed by atoms with Gasteiger partial charge >= 0.3 is 6.01 Å². The number of ether oxygens (including phenoxy) is 1. The second-order valence-corrected chi connectivity index (χ2v) is 4.51. The van der Waals surface area contributed by atoms with Crippen molar-refractivity contribution >= 4 is 23.5 Å². The van der Waals surface area contributed by atoms with E-state index in [0.717, 1.165) is 5.56 Å². The monoisotopic (exact) mass is 293 g/mol. The number of aromatic nitrogens is 3. The fourth-order valence-corrected chi connectivity index (χ4v) is 2.02. The normalized spacial score (nSPS) is 11.8. The van der Waals surface area contributed by atoms with Crippen LogP contribution in [0.2, 0.25) is 5.02 Å². The number of hydrogen-bond acceptors (Lipinski definition) is 6. The van der Waals surface area contributed by atoms with Crippen molar-refractivity contribution in [3.63, 3.8) is 0 Å². The lowest BCUT2D eigenvalue weighted by atomic mass is 10.1. The molecule has 0 saturated heterocycles.